The minimum absolute atomic E-state index is 0.411. The van der Waals surface area contributed by atoms with Gasteiger partial charge in [-0.25, -0.2) is 0 Å². The fourth-order valence-corrected chi connectivity index (χ4v) is 2.62. The van der Waals surface area contributed by atoms with Crippen LogP contribution >= 0.6 is 0 Å². The highest BCUT2D eigenvalue weighted by Crippen LogP contribution is 2.19. The van der Waals surface area contributed by atoms with E-state index in [-0.39, 0.29) is 0 Å². The van der Waals surface area contributed by atoms with Gasteiger partial charge in [-0.1, -0.05) is 13.3 Å². The Balaban J connectivity index is 1.88. The standard InChI is InChI=1S/C15H24N4O/c1-2-3-8-19-9-5-12(6-10-19)18-14-4-7-17-11-13(14)15(16)20/h4,7,11-12H,2-3,5-6,8-10H2,1H3,(H2,16,20)(H,17,18). The zero-order chi connectivity index (χ0) is 14.4. The molecule has 3 N–H and O–H groups in total. The van der Waals surface area contributed by atoms with Gasteiger partial charge in [-0.3, -0.25) is 9.78 Å². The molecule has 0 unspecified atom stereocenters. The van der Waals surface area contributed by atoms with E-state index in [2.05, 4.69) is 22.1 Å². The second-order valence-corrected chi connectivity index (χ2v) is 5.40. The van der Waals surface area contributed by atoms with E-state index in [1.807, 2.05) is 6.07 Å². The normalized spacial score (nSPS) is 17.1. The molecule has 1 aromatic rings. The molecule has 5 heteroatoms. The molecule has 0 spiro atoms. The summed E-state index contributed by atoms with van der Waals surface area (Å²) in [5.41, 5.74) is 6.65. The summed E-state index contributed by atoms with van der Waals surface area (Å²) in [7, 11) is 0. The van der Waals surface area contributed by atoms with E-state index in [9.17, 15) is 4.79 Å². The van der Waals surface area contributed by atoms with Gasteiger partial charge in [0.1, 0.15) is 0 Å². The van der Waals surface area contributed by atoms with E-state index < -0.39 is 5.91 Å². The number of carbonyl (C=O) groups excluding carboxylic acids is 1. The molecule has 0 saturated carbocycles. The molecule has 1 saturated heterocycles. The molecule has 1 aliphatic heterocycles. The van der Waals surface area contributed by atoms with Gasteiger partial charge in [0.05, 0.1) is 11.3 Å². The van der Waals surface area contributed by atoms with Crippen molar-refractivity contribution in [3.8, 4) is 0 Å². The number of pyridine rings is 1. The summed E-state index contributed by atoms with van der Waals surface area (Å²) in [5.74, 6) is -0.430. The molecule has 2 rings (SSSR count). The number of carbonyl (C=O) groups is 1. The number of hydrogen-bond acceptors (Lipinski definition) is 4. The van der Waals surface area contributed by atoms with Crippen molar-refractivity contribution in [1.82, 2.24) is 9.88 Å². The molecular weight excluding hydrogens is 252 g/mol. The quantitative estimate of drug-likeness (QED) is 0.832. The number of nitrogens with one attached hydrogen (secondary N) is 1. The SMILES string of the molecule is CCCCN1CCC(Nc2ccncc2C(N)=O)CC1. The molecule has 110 valence electrons. The highest BCUT2D eigenvalue weighted by Gasteiger charge is 2.20. The molecule has 0 aromatic carbocycles. The van der Waals surface area contributed by atoms with E-state index in [4.69, 9.17) is 5.73 Å². The highest BCUT2D eigenvalue weighted by molar-refractivity contribution is 5.98. The van der Waals surface area contributed by atoms with Gasteiger partial charge in [0, 0.05) is 31.5 Å². The van der Waals surface area contributed by atoms with E-state index in [0.29, 0.717) is 11.6 Å². The average molecular weight is 276 g/mol. The summed E-state index contributed by atoms with van der Waals surface area (Å²) in [6.07, 6.45) is 7.94. The zero-order valence-corrected chi connectivity index (χ0v) is 12.1. The van der Waals surface area contributed by atoms with Crippen LogP contribution in [0.3, 0.4) is 0 Å². The Kier molecular flexibility index (Phi) is 5.35. The maximum absolute atomic E-state index is 11.4. The van der Waals surface area contributed by atoms with Crippen molar-refractivity contribution >= 4 is 11.6 Å². The lowest BCUT2D eigenvalue weighted by Crippen LogP contribution is -2.39. The van der Waals surface area contributed by atoms with Crippen LogP contribution in [0.1, 0.15) is 43.0 Å². The average Bonchev–Trinajstić information content (AvgIpc) is 2.47. The number of unbranched alkanes of at least 4 members (excludes halogenated alkanes) is 1. The minimum Gasteiger partial charge on any atom is -0.381 e. The summed E-state index contributed by atoms with van der Waals surface area (Å²) in [4.78, 5) is 17.8. The van der Waals surface area contributed by atoms with E-state index >= 15 is 0 Å². The number of rotatable bonds is 6. The maximum Gasteiger partial charge on any atom is 0.252 e. The Morgan fingerprint density at radius 3 is 2.90 bits per heavy atom. The van der Waals surface area contributed by atoms with Crippen LogP contribution in [0.2, 0.25) is 0 Å². The first kappa shape index (κ1) is 14.8. The van der Waals surface area contributed by atoms with Crippen molar-refractivity contribution in [2.24, 2.45) is 5.73 Å². The highest BCUT2D eigenvalue weighted by atomic mass is 16.1. The molecular formula is C15H24N4O. The number of primary amides is 1. The fourth-order valence-electron chi connectivity index (χ4n) is 2.62. The van der Waals surface area contributed by atoms with Crippen molar-refractivity contribution in [1.29, 1.82) is 0 Å². The topological polar surface area (TPSA) is 71.2 Å². The lowest BCUT2D eigenvalue weighted by Gasteiger charge is -2.33. The van der Waals surface area contributed by atoms with Gasteiger partial charge in [0.15, 0.2) is 0 Å². The number of hydrogen-bond donors (Lipinski definition) is 2. The Morgan fingerprint density at radius 2 is 2.25 bits per heavy atom. The largest absolute Gasteiger partial charge is 0.381 e. The Labute approximate surface area is 120 Å². The van der Waals surface area contributed by atoms with Gasteiger partial charge < -0.3 is 16.0 Å². The van der Waals surface area contributed by atoms with E-state index in [1.54, 1.807) is 6.20 Å². The molecule has 20 heavy (non-hydrogen) atoms. The van der Waals surface area contributed by atoms with Crippen LogP contribution < -0.4 is 11.1 Å². The van der Waals surface area contributed by atoms with Gasteiger partial charge in [0.25, 0.3) is 5.91 Å². The van der Waals surface area contributed by atoms with Crippen LogP contribution in [0.4, 0.5) is 5.69 Å². The van der Waals surface area contributed by atoms with Crippen LogP contribution in [-0.4, -0.2) is 41.5 Å². The summed E-state index contributed by atoms with van der Waals surface area (Å²) in [6, 6.07) is 2.23. The van der Waals surface area contributed by atoms with Crippen molar-refractivity contribution in [3.05, 3.63) is 24.0 Å². The minimum atomic E-state index is -0.430. The van der Waals surface area contributed by atoms with Gasteiger partial charge >= 0.3 is 0 Å². The molecule has 0 bridgehead atoms. The summed E-state index contributed by atoms with van der Waals surface area (Å²) in [5, 5.41) is 3.44. The van der Waals surface area contributed by atoms with Crippen LogP contribution in [0.15, 0.2) is 18.5 Å². The van der Waals surface area contributed by atoms with Crippen molar-refractivity contribution in [2.75, 3.05) is 25.0 Å². The van der Waals surface area contributed by atoms with Gasteiger partial charge in [0.2, 0.25) is 0 Å². The molecule has 0 aliphatic carbocycles. The van der Waals surface area contributed by atoms with Crippen LogP contribution in [0.5, 0.6) is 0 Å². The molecule has 1 amide bonds. The smallest absolute Gasteiger partial charge is 0.252 e. The number of nitrogens with zero attached hydrogens (tertiary/aromatic N) is 2. The Hall–Kier alpha value is -1.62. The van der Waals surface area contributed by atoms with Crippen LogP contribution in [-0.2, 0) is 0 Å². The van der Waals surface area contributed by atoms with Crippen molar-refractivity contribution in [3.63, 3.8) is 0 Å². The number of likely N-dealkylation sites (tertiary alicyclic amines) is 1. The van der Waals surface area contributed by atoms with Gasteiger partial charge in [-0.15, -0.1) is 0 Å². The molecule has 5 nitrogen and oxygen atoms in total. The Morgan fingerprint density at radius 1 is 1.50 bits per heavy atom. The maximum atomic E-state index is 11.4. The Bertz CT molecular complexity index is 441. The monoisotopic (exact) mass is 276 g/mol. The summed E-state index contributed by atoms with van der Waals surface area (Å²) < 4.78 is 0. The third-order valence-electron chi connectivity index (χ3n) is 3.86. The number of aromatic nitrogens is 1. The zero-order valence-electron chi connectivity index (χ0n) is 12.1. The first-order valence-corrected chi connectivity index (χ1v) is 7.43. The third kappa shape index (κ3) is 3.93. The summed E-state index contributed by atoms with van der Waals surface area (Å²) in [6.45, 7) is 5.66. The molecule has 1 aromatic heterocycles. The van der Waals surface area contributed by atoms with Crippen LogP contribution in [0, 0.1) is 0 Å². The van der Waals surface area contributed by atoms with E-state index in [0.717, 1.165) is 31.6 Å². The lowest BCUT2D eigenvalue weighted by molar-refractivity contribution is 0.100. The predicted octanol–water partition coefficient (Wildman–Crippen LogP) is 1.86. The van der Waals surface area contributed by atoms with Crippen molar-refractivity contribution in [2.45, 2.75) is 38.6 Å². The van der Waals surface area contributed by atoms with Crippen LogP contribution in [0.25, 0.3) is 0 Å². The lowest BCUT2D eigenvalue weighted by atomic mass is 10.0. The third-order valence-corrected chi connectivity index (χ3v) is 3.86. The first-order chi connectivity index (χ1) is 9.70. The number of nitrogens with two attached hydrogens (primary N) is 1. The summed E-state index contributed by atoms with van der Waals surface area (Å²) >= 11 is 0. The number of piperidine rings is 1. The second-order valence-electron chi connectivity index (χ2n) is 5.40. The molecule has 0 atom stereocenters. The second kappa shape index (κ2) is 7.24. The molecule has 1 aliphatic rings. The van der Waals surface area contributed by atoms with Gasteiger partial charge in [-0.05, 0) is 31.9 Å². The molecule has 0 radical (unpaired) electrons. The first-order valence-electron chi connectivity index (χ1n) is 7.43. The van der Waals surface area contributed by atoms with Crippen molar-refractivity contribution < 1.29 is 4.79 Å². The van der Waals surface area contributed by atoms with E-state index in [1.165, 1.54) is 25.6 Å². The number of amides is 1. The molecule has 1 fully saturated rings. The van der Waals surface area contributed by atoms with Gasteiger partial charge in [-0.2, -0.15) is 0 Å². The number of anilines is 1. The predicted molar refractivity (Wildman–Crippen MR) is 80.7 cm³/mol. The molecule has 2 heterocycles. The fraction of sp³-hybridized carbons (Fsp3) is 0.600.